The van der Waals surface area contributed by atoms with E-state index in [0.717, 1.165) is 6.07 Å². The molecule has 2 N–H and O–H groups in total. The van der Waals surface area contributed by atoms with Gasteiger partial charge >= 0.3 is 5.97 Å². The lowest BCUT2D eigenvalue weighted by atomic mass is 10.1. The molecule has 7 nitrogen and oxygen atoms in total. The van der Waals surface area contributed by atoms with Crippen molar-refractivity contribution in [3.05, 3.63) is 69.3 Å². The molecule has 0 atom stereocenters. The van der Waals surface area contributed by atoms with E-state index in [2.05, 4.69) is 5.32 Å². The van der Waals surface area contributed by atoms with E-state index in [1.165, 1.54) is 24.3 Å². The van der Waals surface area contributed by atoms with Crippen molar-refractivity contribution in [2.45, 2.75) is 6.92 Å². The molecule has 1 amide bonds. The number of aryl methyl sites for hydroxylation is 1. The number of carbonyl (C=O) groups excluding carboxylic acids is 1. The average Bonchev–Trinajstić information content (AvgIpc) is 2.47. The summed E-state index contributed by atoms with van der Waals surface area (Å²) < 4.78 is 0. The standard InChI is InChI=1S/C15H12N2O5/c1-9-4-2-7-12(13(9)15(19)20)16-14(18)10-5-3-6-11(8-10)17(21)22/h2-8H,1H3,(H,16,18)(H,19,20). The molecule has 0 radical (unpaired) electrons. The van der Waals surface area contributed by atoms with Gasteiger partial charge < -0.3 is 10.4 Å². The minimum Gasteiger partial charge on any atom is -0.478 e. The van der Waals surface area contributed by atoms with Crippen LogP contribution in [0, 0.1) is 17.0 Å². The number of amides is 1. The number of anilines is 1. The van der Waals surface area contributed by atoms with Crippen LogP contribution in [0.15, 0.2) is 42.5 Å². The van der Waals surface area contributed by atoms with Crippen LogP contribution in [-0.2, 0) is 0 Å². The number of benzene rings is 2. The fourth-order valence-corrected chi connectivity index (χ4v) is 2.01. The van der Waals surface area contributed by atoms with E-state index in [1.807, 2.05) is 0 Å². The van der Waals surface area contributed by atoms with Crippen molar-refractivity contribution >= 4 is 23.3 Å². The second kappa shape index (κ2) is 6.04. The van der Waals surface area contributed by atoms with Crippen molar-refractivity contribution in [2.24, 2.45) is 0 Å². The maximum atomic E-state index is 12.1. The quantitative estimate of drug-likeness (QED) is 0.666. The molecule has 0 aromatic heterocycles. The van der Waals surface area contributed by atoms with E-state index in [4.69, 9.17) is 0 Å². The third kappa shape index (κ3) is 3.09. The maximum absolute atomic E-state index is 12.1. The van der Waals surface area contributed by atoms with E-state index < -0.39 is 16.8 Å². The molecule has 0 spiro atoms. The molecule has 0 aliphatic heterocycles. The highest BCUT2D eigenvalue weighted by Gasteiger charge is 2.17. The molecule has 2 rings (SSSR count). The first kappa shape index (κ1) is 15.2. The van der Waals surface area contributed by atoms with Crippen LogP contribution in [-0.4, -0.2) is 21.9 Å². The van der Waals surface area contributed by atoms with E-state index in [0.29, 0.717) is 5.56 Å². The minimum atomic E-state index is -1.16. The van der Waals surface area contributed by atoms with Crippen molar-refractivity contribution in [3.8, 4) is 0 Å². The summed E-state index contributed by atoms with van der Waals surface area (Å²) in [5.74, 6) is -1.77. The van der Waals surface area contributed by atoms with E-state index in [-0.39, 0.29) is 22.5 Å². The van der Waals surface area contributed by atoms with Gasteiger partial charge in [0.2, 0.25) is 0 Å². The van der Waals surface area contributed by atoms with Crippen molar-refractivity contribution < 1.29 is 19.6 Å². The number of hydrogen-bond donors (Lipinski definition) is 2. The summed E-state index contributed by atoms with van der Waals surface area (Å²) in [6.07, 6.45) is 0. The number of carboxylic acids is 1. The highest BCUT2D eigenvalue weighted by Crippen LogP contribution is 2.21. The molecular formula is C15H12N2O5. The Kier molecular flexibility index (Phi) is 4.17. The lowest BCUT2D eigenvalue weighted by Gasteiger charge is -2.10. The molecule has 112 valence electrons. The van der Waals surface area contributed by atoms with Crippen LogP contribution in [0.25, 0.3) is 0 Å². The zero-order valence-electron chi connectivity index (χ0n) is 11.6. The van der Waals surface area contributed by atoms with Gasteiger partial charge in [0.25, 0.3) is 11.6 Å². The predicted octanol–water partition coefficient (Wildman–Crippen LogP) is 2.85. The summed E-state index contributed by atoms with van der Waals surface area (Å²) in [5, 5.41) is 22.4. The largest absolute Gasteiger partial charge is 0.478 e. The number of carbonyl (C=O) groups is 2. The van der Waals surface area contributed by atoms with E-state index >= 15 is 0 Å². The second-order valence-corrected chi connectivity index (χ2v) is 4.56. The van der Waals surface area contributed by atoms with Crippen LogP contribution < -0.4 is 5.32 Å². The molecule has 2 aromatic rings. The van der Waals surface area contributed by atoms with Gasteiger partial charge in [-0.05, 0) is 24.6 Å². The molecule has 0 fully saturated rings. The fraction of sp³-hybridized carbons (Fsp3) is 0.0667. The Morgan fingerprint density at radius 2 is 1.86 bits per heavy atom. The van der Waals surface area contributed by atoms with Crippen LogP contribution in [0.2, 0.25) is 0 Å². The van der Waals surface area contributed by atoms with E-state index in [9.17, 15) is 24.8 Å². The minimum absolute atomic E-state index is 0.0127. The number of nitrogens with one attached hydrogen (secondary N) is 1. The first-order valence-corrected chi connectivity index (χ1v) is 6.29. The van der Waals surface area contributed by atoms with Gasteiger partial charge in [-0.25, -0.2) is 4.79 Å². The van der Waals surface area contributed by atoms with E-state index in [1.54, 1.807) is 19.1 Å². The monoisotopic (exact) mass is 300 g/mol. The lowest BCUT2D eigenvalue weighted by molar-refractivity contribution is -0.384. The third-order valence-corrected chi connectivity index (χ3v) is 3.05. The first-order chi connectivity index (χ1) is 10.4. The van der Waals surface area contributed by atoms with Gasteiger partial charge in [-0.15, -0.1) is 0 Å². The Hall–Kier alpha value is -3.22. The number of nitro benzene ring substituents is 1. The summed E-state index contributed by atoms with van der Waals surface area (Å²) in [5.41, 5.74) is 0.497. The Balaban J connectivity index is 2.34. The molecular weight excluding hydrogens is 288 g/mol. The lowest BCUT2D eigenvalue weighted by Crippen LogP contribution is -2.15. The zero-order chi connectivity index (χ0) is 16.3. The number of carboxylic acid groups (broad SMARTS) is 1. The zero-order valence-corrected chi connectivity index (χ0v) is 11.6. The normalized spacial score (nSPS) is 10.0. The Labute approximate surface area is 125 Å². The van der Waals surface area contributed by atoms with Crippen LogP contribution in [0.3, 0.4) is 0 Å². The molecule has 0 aliphatic rings. The van der Waals surface area contributed by atoms with Crippen molar-refractivity contribution in [1.29, 1.82) is 0 Å². The van der Waals surface area contributed by atoms with Gasteiger partial charge in [-0.2, -0.15) is 0 Å². The molecule has 0 saturated heterocycles. The number of non-ortho nitro benzene ring substituents is 1. The molecule has 22 heavy (non-hydrogen) atoms. The smallest absolute Gasteiger partial charge is 0.338 e. The number of nitro groups is 1. The van der Waals surface area contributed by atoms with Gasteiger partial charge in [-0.3, -0.25) is 14.9 Å². The predicted molar refractivity (Wildman–Crippen MR) is 79.2 cm³/mol. The second-order valence-electron chi connectivity index (χ2n) is 4.56. The maximum Gasteiger partial charge on any atom is 0.338 e. The summed E-state index contributed by atoms with van der Waals surface area (Å²) >= 11 is 0. The number of rotatable bonds is 4. The topological polar surface area (TPSA) is 110 Å². The SMILES string of the molecule is Cc1cccc(NC(=O)c2cccc([N+](=O)[O-])c2)c1C(=O)O. The van der Waals surface area contributed by atoms with Crippen LogP contribution in [0.5, 0.6) is 0 Å². The molecule has 0 saturated carbocycles. The van der Waals surface area contributed by atoms with Gasteiger partial charge in [0, 0.05) is 17.7 Å². The van der Waals surface area contributed by atoms with Crippen molar-refractivity contribution in [2.75, 3.05) is 5.32 Å². The molecule has 0 bridgehead atoms. The van der Waals surface area contributed by atoms with Crippen molar-refractivity contribution in [1.82, 2.24) is 0 Å². The van der Waals surface area contributed by atoms with Crippen molar-refractivity contribution in [3.63, 3.8) is 0 Å². The van der Waals surface area contributed by atoms with Gasteiger partial charge in [0.15, 0.2) is 0 Å². The summed E-state index contributed by atoms with van der Waals surface area (Å²) in [4.78, 5) is 33.5. The molecule has 7 heteroatoms. The number of nitrogens with zero attached hydrogens (tertiary/aromatic N) is 1. The fourth-order valence-electron chi connectivity index (χ4n) is 2.01. The molecule has 0 aliphatic carbocycles. The summed E-state index contributed by atoms with van der Waals surface area (Å²) in [7, 11) is 0. The highest BCUT2D eigenvalue weighted by molar-refractivity contribution is 6.08. The third-order valence-electron chi connectivity index (χ3n) is 3.05. The Morgan fingerprint density at radius 1 is 1.18 bits per heavy atom. The molecule has 0 heterocycles. The number of aromatic carboxylic acids is 1. The molecule has 2 aromatic carbocycles. The summed E-state index contributed by atoms with van der Waals surface area (Å²) in [6, 6.07) is 9.90. The highest BCUT2D eigenvalue weighted by atomic mass is 16.6. The summed E-state index contributed by atoms with van der Waals surface area (Å²) in [6.45, 7) is 1.62. The molecule has 0 unspecified atom stereocenters. The van der Waals surface area contributed by atoms with Gasteiger partial charge in [0.1, 0.15) is 0 Å². The average molecular weight is 300 g/mol. The van der Waals surface area contributed by atoms with Crippen LogP contribution in [0.1, 0.15) is 26.3 Å². The van der Waals surface area contributed by atoms with Gasteiger partial charge in [0.05, 0.1) is 16.2 Å². The Bertz CT molecular complexity index is 770. The van der Waals surface area contributed by atoms with Gasteiger partial charge in [-0.1, -0.05) is 18.2 Å². The van der Waals surface area contributed by atoms with Crippen LogP contribution in [0.4, 0.5) is 11.4 Å². The Morgan fingerprint density at radius 3 is 2.50 bits per heavy atom. The van der Waals surface area contributed by atoms with Crippen LogP contribution >= 0.6 is 0 Å². The number of hydrogen-bond acceptors (Lipinski definition) is 4. The first-order valence-electron chi connectivity index (χ1n) is 6.29.